The van der Waals surface area contributed by atoms with Gasteiger partial charge in [0.1, 0.15) is 12.3 Å². The fourth-order valence-corrected chi connectivity index (χ4v) is 1.94. The summed E-state index contributed by atoms with van der Waals surface area (Å²) in [7, 11) is 0. The molecule has 20 heavy (non-hydrogen) atoms. The van der Waals surface area contributed by atoms with Gasteiger partial charge in [-0.3, -0.25) is 9.59 Å². The second-order valence-corrected chi connectivity index (χ2v) is 5.24. The summed E-state index contributed by atoms with van der Waals surface area (Å²) < 4.78 is 29.3. The van der Waals surface area contributed by atoms with Gasteiger partial charge in [0.25, 0.3) is 11.7 Å². The number of carboxylic acid groups (broad SMARTS) is 1. The van der Waals surface area contributed by atoms with Crippen molar-refractivity contribution in [3.8, 4) is 0 Å². The van der Waals surface area contributed by atoms with Crippen molar-refractivity contribution >= 4 is 23.6 Å². The molecular formula is C12H15F2NO4S. The SMILES string of the molecule is CC(C)N(CC(=O)O)C(=O)c1ccc(CSC(F)F)o1. The Balaban J connectivity index is 2.77. The summed E-state index contributed by atoms with van der Waals surface area (Å²) in [6.45, 7) is 2.91. The summed E-state index contributed by atoms with van der Waals surface area (Å²) in [6, 6.07) is 2.48. The Kier molecular flexibility index (Phi) is 6.00. The molecule has 0 radical (unpaired) electrons. The Hall–Kier alpha value is -1.57. The van der Waals surface area contributed by atoms with E-state index in [4.69, 9.17) is 9.52 Å². The average molecular weight is 307 g/mol. The van der Waals surface area contributed by atoms with Gasteiger partial charge in [-0.1, -0.05) is 11.8 Å². The maximum atomic E-state index is 12.1. The molecule has 0 atom stereocenters. The van der Waals surface area contributed by atoms with Crippen LogP contribution in [0.4, 0.5) is 8.78 Å². The molecule has 1 heterocycles. The van der Waals surface area contributed by atoms with E-state index < -0.39 is 24.2 Å². The number of nitrogens with zero attached hydrogens (tertiary/aromatic N) is 1. The van der Waals surface area contributed by atoms with Crippen LogP contribution in [0.3, 0.4) is 0 Å². The number of aliphatic carboxylic acids is 1. The van der Waals surface area contributed by atoms with Crippen LogP contribution in [0.25, 0.3) is 0 Å². The summed E-state index contributed by atoms with van der Waals surface area (Å²) in [6.07, 6.45) is 0. The van der Waals surface area contributed by atoms with Crippen LogP contribution in [-0.2, 0) is 10.5 Å². The van der Waals surface area contributed by atoms with Crippen LogP contribution >= 0.6 is 11.8 Å². The zero-order valence-electron chi connectivity index (χ0n) is 11.0. The molecule has 1 amide bonds. The number of halogens is 2. The van der Waals surface area contributed by atoms with E-state index in [1.165, 1.54) is 12.1 Å². The zero-order chi connectivity index (χ0) is 15.3. The standard InChI is InChI=1S/C12H15F2NO4S/c1-7(2)15(5-10(16)17)11(18)9-4-3-8(19-9)6-20-12(13)14/h3-4,7,12H,5-6H2,1-2H3,(H,16,17). The van der Waals surface area contributed by atoms with Gasteiger partial charge in [0.05, 0.1) is 5.75 Å². The van der Waals surface area contributed by atoms with E-state index in [1.54, 1.807) is 13.8 Å². The van der Waals surface area contributed by atoms with Crippen LogP contribution in [0, 0.1) is 0 Å². The normalized spacial score (nSPS) is 11.1. The van der Waals surface area contributed by atoms with Crippen LogP contribution in [0.2, 0.25) is 0 Å². The van der Waals surface area contributed by atoms with E-state index in [2.05, 4.69) is 0 Å². The van der Waals surface area contributed by atoms with Gasteiger partial charge in [0.2, 0.25) is 0 Å². The van der Waals surface area contributed by atoms with Crippen molar-refractivity contribution < 1.29 is 27.9 Å². The van der Waals surface area contributed by atoms with E-state index >= 15 is 0 Å². The summed E-state index contributed by atoms with van der Waals surface area (Å²) in [5.74, 6) is -4.07. The first-order chi connectivity index (χ1) is 9.31. The first kappa shape index (κ1) is 16.5. The van der Waals surface area contributed by atoms with Crippen LogP contribution < -0.4 is 0 Å². The lowest BCUT2D eigenvalue weighted by molar-refractivity contribution is -0.138. The monoisotopic (exact) mass is 307 g/mol. The highest BCUT2D eigenvalue weighted by atomic mass is 32.2. The molecule has 0 aliphatic rings. The zero-order valence-corrected chi connectivity index (χ0v) is 11.8. The molecule has 1 aromatic rings. The molecule has 0 spiro atoms. The van der Waals surface area contributed by atoms with Crippen molar-refractivity contribution in [3.05, 3.63) is 23.7 Å². The van der Waals surface area contributed by atoms with Crippen molar-refractivity contribution in [2.24, 2.45) is 0 Å². The second kappa shape index (κ2) is 7.28. The number of thioether (sulfide) groups is 1. The third-order valence-electron chi connectivity index (χ3n) is 2.41. The minimum Gasteiger partial charge on any atom is -0.480 e. The highest BCUT2D eigenvalue weighted by molar-refractivity contribution is 7.98. The lowest BCUT2D eigenvalue weighted by atomic mass is 10.3. The van der Waals surface area contributed by atoms with E-state index in [0.717, 1.165) is 4.90 Å². The fourth-order valence-electron chi connectivity index (χ4n) is 1.49. The van der Waals surface area contributed by atoms with Gasteiger partial charge in [0.15, 0.2) is 5.76 Å². The number of amides is 1. The fraction of sp³-hybridized carbons (Fsp3) is 0.500. The lowest BCUT2D eigenvalue weighted by Gasteiger charge is -2.23. The van der Waals surface area contributed by atoms with Gasteiger partial charge in [-0.05, 0) is 26.0 Å². The van der Waals surface area contributed by atoms with Crippen molar-refractivity contribution in [2.45, 2.75) is 31.4 Å². The van der Waals surface area contributed by atoms with Crippen LogP contribution in [0.15, 0.2) is 16.5 Å². The van der Waals surface area contributed by atoms with Crippen molar-refractivity contribution in [1.29, 1.82) is 0 Å². The Morgan fingerprint density at radius 1 is 1.40 bits per heavy atom. The van der Waals surface area contributed by atoms with Gasteiger partial charge in [-0.2, -0.15) is 8.78 Å². The molecule has 0 aromatic carbocycles. The topological polar surface area (TPSA) is 70.8 Å². The van der Waals surface area contributed by atoms with E-state index in [0.29, 0.717) is 11.8 Å². The van der Waals surface area contributed by atoms with Crippen molar-refractivity contribution in [1.82, 2.24) is 4.90 Å². The molecule has 1 rings (SSSR count). The summed E-state index contributed by atoms with van der Waals surface area (Å²) in [4.78, 5) is 23.9. The number of carbonyl (C=O) groups excluding carboxylic acids is 1. The average Bonchev–Trinajstić information content (AvgIpc) is 2.80. The summed E-state index contributed by atoms with van der Waals surface area (Å²) in [5, 5.41) is 8.77. The molecule has 0 aliphatic carbocycles. The van der Waals surface area contributed by atoms with Gasteiger partial charge in [-0.15, -0.1) is 0 Å². The Bertz CT molecular complexity index is 476. The molecule has 0 fully saturated rings. The first-order valence-electron chi connectivity index (χ1n) is 5.82. The molecule has 0 saturated heterocycles. The number of rotatable bonds is 7. The molecule has 1 aromatic heterocycles. The number of hydrogen-bond donors (Lipinski definition) is 1. The predicted molar refractivity (Wildman–Crippen MR) is 69.8 cm³/mol. The summed E-state index contributed by atoms with van der Waals surface area (Å²) in [5.41, 5.74) is 0. The van der Waals surface area contributed by atoms with E-state index in [-0.39, 0.29) is 23.3 Å². The van der Waals surface area contributed by atoms with E-state index in [9.17, 15) is 18.4 Å². The quantitative estimate of drug-likeness (QED) is 0.838. The van der Waals surface area contributed by atoms with Gasteiger partial charge in [0, 0.05) is 6.04 Å². The Labute approximate surface area is 118 Å². The number of furan rings is 1. The van der Waals surface area contributed by atoms with Crippen LogP contribution in [0.5, 0.6) is 0 Å². The van der Waals surface area contributed by atoms with Gasteiger partial charge >= 0.3 is 5.97 Å². The molecule has 0 aliphatic heterocycles. The summed E-state index contributed by atoms with van der Waals surface area (Å²) >= 11 is 0.389. The number of carboxylic acids is 1. The molecule has 1 N–H and O–H groups in total. The van der Waals surface area contributed by atoms with E-state index in [1.807, 2.05) is 0 Å². The largest absolute Gasteiger partial charge is 0.480 e. The Morgan fingerprint density at radius 3 is 2.55 bits per heavy atom. The maximum Gasteiger partial charge on any atom is 0.323 e. The van der Waals surface area contributed by atoms with Crippen LogP contribution in [-0.4, -0.2) is 40.2 Å². The minimum absolute atomic E-state index is 0.0500. The smallest absolute Gasteiger partial charge is 0.323 e. The maximum absolute atomic E-state index is 12.1. The molecule has 0 bridgehead atoms. The van der Waals surface area contributed by atoms with Crippen LogP contribution in [0.1, 0.15) is 30.2 Å². The highest BCUT2D eigenvalue weighted by Gasteiger charge is 2.24. The van der Waals surface area contributed by atoms with Gasteiger partial charge in [-0.25, -0.2) is 0 Å². The molecule has 0 saturated carbocycles. The molecule has 112 valence electrons. The second-order valence-electron chi connectivity index (χ2n) is 4.26. The number of alkyl halides is 2. The van der Waals surface area contributed by atoms with Crippen molar-refractivity contribution in [3.63, 3.8) is 0 Å². The number of hydrogen-bond acceptors (Lipinski definition) is 4. The molecule has 5 nitrogen and oxygen atoms in total. The minimum atomic E-state index is -2.52. The third-order valence-corrected chi connectivity index (χ3v) is 3.12. The molecular weight excluding hydrogens is 292 g/mol. The molecule has 8 heteroatoms. The highest BCUT2D eigenvalue weighted by Crippen LogP contribution is 2.22. The predicted octanol–water partition coefficient (Wildman–Crippen LogP) is 2.67. The molecule has 0 unspecified atom stereocenters. The third kappa shape index (κ3) is 4.84. The van der Waals surface area contributed by atoms with Gasteiger partial charge < -0.3 is 14.4 Å². The van der Waals surface area contributed by atoms with Crippen molar-refractivity contribution in [2.75, 3.05) is 6.54 Å². The number of carbonyl (C=O) groups is 2. The first-order valence-corrected chi connectivity index (χ1v) is 6.87. The lowest BCUT2D eigenvalue weighted by Crippen LogP contribution is -2.40. The Morgan fingerprint density at radius 2 is 2.05 bits per heavy atom.